The molecule has 1 heterocycles. The highest BCUT2D eigenvalue weighted by atomic mass is 16.5. The Morgan fingerprint density at radius 2 is 2.19 bits per heavy atom. The number of rotatable bonds is 2. The Morgan fingerprint density at radius 1 is 1.50 bits per heavy atom. The van der Waals surface area contributed by atoms with Crippen LogP contribution in [-0.4, -0.2) is 25.0 Å². The second kappa shape index (κ2) is 5.54. The first-order valence-electron chi connectivity index (χ1n) is 5.46. The molecule has 0 saturated carbocycles. The van der Waals surface area contributed by atoms with Crippen LogP contribution in [0.2, 0.25) is 0 Å². The minimum Gasteiger partial charge on any atom is -0.497 e. The zero-order valence-electron chi connectivity index (χ0n) is 10.2. The number of carbonyl (C=O) groups is 1. The number of nitrogens with zero attached hydrogens (tertiary/aromatic N) is 1. The van der Waals surface area contributed by atoms with Crippen LogP contribution in [0.4, 0.5) is 0 Å². The standard InChI is InChI=1S/C13H19NO2/c1-5-11-7-6-8-13(15)14(3)12(11)9-10(2)16-4/h5,9H,2,6-8H2,1,3-4H3/b11-5-,12-9?. The van der Waals surface area contributed by atoms with Gasteiger partial charge in [-0.1, -0.05) is 12.7 Å². The molecule has 0 spiro atoms. The number of allylic oxidation sites excluding steroid dienone is 3. The fraction of sp³-hybridized carbons (Fsp3) is 0.462. The molecule has 0 N–H and O–H groups in total. The monoisotopic (exact) mass is 221 g/mol. The van der Waals surface area contributed by atoms with Gasteiger partial charge in [-0.05, 0) is 25.3 Å². The molecule has 88 valence electrons. The number of likely N-dealkylation sites (tertiary alicyclic amines) is 1. The minimum absolute atomic E-state index is 0.145. The van der Waals surface area contributed by atoms with E-state index >= 15 is 0 Å². The second-order valence-corrected chi connectivity index (χ2v) is 3.82. The lowest BCUT2D eigenvalue weighted by atomic mass is 10.1. The van der Waals surface area contributed by atoms with Crippen LogP contribution in [0, 0.1) is 0 Å². The summed E-state index contributed by atoms with van der Waals surface area (Å²) in [6.45, 7) is 5.75. The van der Waals surface area contributed by atoms with Crippen molar-refractivity contribution in [3.8, 4) is 0 Å². The normalized spacial score (nSPS) is 22.4. The number of ether oxygens (including phenoxy) is 1. The predicted octanol–water partition coefficient (Wildman–Crippen LogP) is 2.62. The van der Waals surface area contributed by atoms with Crippen LogP contribution in [0.5, 0.6) is 0 Å². The van der Waals surface area contributed by atoms with E-state index < -0.39 is 0 Å². The molecule has 1 fully saturated rings. The maximum absolute atomic E-state index is 11.7. The lowest BCUT2D eigenvalue weighted by Gasteiger charge is -2.20. The second-order valence-electron chi connectivity index (χ2n) is 3.82. The highest BCUT2D eigenvalue weighted by Crippen LogP contribution is 2.26. The first-order valence-corrected chi connectivity index (χ1v) is 5.46. The number of carbonyl (C=O) groups excluding carboxylic acids is 1. The minimum atomic E-state index is 0.145. The zero-order chi connectivity index (χ0) is 12.1. The van der Waals surface area contributed by atoms with E-state index in [-0.39, 0.29) is 5.91 Å². The maximum atomic E-state index is 11.7. The average molecular weight is 221 g/mol. The maximum Gasteiger partial charge on any atom is 0.226 e. The molecule has 3 nitrogen and oxygen atoms in total. The van der Waals surface area contributed by atoms with Gasteiger partial charge in [-0.15, -0.1) is 0 Å². The fourth-order valence-corrected chi connectivity index (χ4v) is 1.77. The van der Waals surface area contributed by atoms with Crippen LogP contribution < -0.4 is 0 Å². The van der Waals surface area contributed by atoms with Gasteiger partial charge in [0.25, 0.3) is 0 Å². The predicted molar refractivity (Wildman–Crippen MR) is 64.6 cm³/mol. The smallest absolute Gasteiger partial charge is 0.226 e. The van der Waals surface area contributed by atoms with E-state index in [1.54, 1.807) is 19.1 Å². The van der Waals surface area contributed by atoms with Crippen molar-refractivity contribution in [3.05, 3.63) is 35.8 Å². The number of likely N-dealkylation sites (N-methyl/N-ethyl adjacent to an activating group) is 1. The van der Waals surface area contributed by atoms with E-state index in [2.05, 4.69) is 6.58 Å². The third kappa shape index (κ3) is 2.75. The van der Waals surface area contributed by atoms with Gasteiger partial charge in [0.2, 0.25) is 5.91 Å². The molecule has 3 heteroatoms. The van der Waals surface area contributed by atoms with Crippen LogP contribution in [-0.2, 0) is 9.53 Å². The average Bonchev–Trinajstić information content (AvgIpc) is 2.42. The van der Waals surface area contributed by atoms with E-state index in [9.17, 15) is 4.79 Å². The summed E-state index contributed by atoms with van der Waals surface area (Å²) >= 11 is 0. The van der Waals surface area contributed by atoms with Crippen LogP contribution in [0.25, 0.3) is 0 Å². The Labute approximate surface area is 97.1 Å². The zero-order valence-corrected chi connectivity index (χ0v) is 10.2. The molecule has 1 rings (SSSR count). The molecular weight excluding hydrogens is 202 g/mol. The quantitative estimate of drug-likeness (QED) is 0.671. The van der Waals surface area contributed by atoms with Gasteiger partial charge in [-0.3, -0.25) is 4.79 Å². The summed E-state index contributed by atoms with van der Waals surface area (Å²) in [6.07, 6.45) is 6.29. The number of methoxy groups -OCH3 is 1. The summed E-state index contributed by atoms with van der Waals surface area (Å²) in [5.74, 6) is 0.711. The lowest BCUT2D eigenvalue weighted by molar-refractivity contribution is -0.127. The Kier molecular flexibility index (Phi) is 4.35. The largest absolute Gasteiger partial charge is 0.497 e. The molecule has 0 radical (unpaired) electrons. The molecule has 1 aliphatic rings. The molecule has 16 heavy (non-hydrogen) atoms. The van der Waals surface area contributed by atoms with Crippen molar-refractivity contribution in [3.63, 3.8) is 0 Å². The summed E-state index contributed by atoms with van der Waals surface area (Å²) in [7, 11) is 3.37. The molecule has 1 amide bonds. The summed E-state index contributed by atoms with van der Waals surface area (Å²) in [6, 6.07) is 0. The van der Waals surface area contributed by atoms with Gasteiger partial charge in [-0.2, -0.15) is 0 Å². The molecule has 0 aromatic heterocycles. The molecule has 0 aromatic rings. The summed E-state index contributed by atoms with van der Waals surface area (Å²) in [5, 5.41) is 0. The van der Waals surface area contributed by atoms with Crippen molar-refractivity contribution < 1.29 is 9.53 Å². The van der Waals surface area contributed by atoms with Gasteiger partial charge in [-0.25, -0.2) is 0 Å². The van der Waals surface area contributed by atoms with Gasteiger partial charge in [0.1, 0.15) is 5.76 Å². The van der Waals surface area contributed by atoms with E-state index in [1.165, 1.54) is 5.57 Å². The molecule has 0 atom stereocenters. The van der Waals surface area contributed by atoms with Gasteiger partial charge < -0.3 is 9.64 Å². The first kappa shape index (κ1) is 12.6. The third-order valence-corrected chi connectivity index (χ3v) is 2.81. The molecule has 1 aliphatic heterocycles. The Morgan fingerprint density at radius 3 is 2.75 bits per heavy atom. The molecule has 1 saturated heterocycles. The highest BCUT2D eigenvalue weighted by Gasteiger charge is 2.20. The van der Waals surface area contributed by atoms with Gasteiger partial charge in [0.15, 0.2) is 0 Å². The Bertz CT molecular complexity index is 353. The molecular formula is C13H19NO2. The Hall–Kier alpha value is -1.51. The molecule has 0 aromatic carbocycles. The van der Waals surface area contributed by atoms with Gasteiger partial charge >= 0.3 is 0 Å². The van der Waals surface area contributed by atoms with Crippen molar-refractivity contribution in [2.45, 2.75) is 26.2 Å². The van der Waals surface area contributed by atoms with Crippen LogP contribution in [0.15, 0.2) is 35.8 Å². The summed E-state index contributed by atoms with van der Waals surface area (Å²) < 4.78 is 5.03. The fourth-order valence-electron chi connectivity index (χ4n) is 1.77. The lowest BCUT2D eigenvalue weighted by Crippen LogP contribution is -2.24. The van der Waals surface area contributed by atoms with E-state index in [4.69, 9.17) is 4.74 Å². The van der Waals surface area contributed by atoms with E-state index in [0.717, 1.165) is 18.5 Å². The first-order chi connectivity index (χ1) is 7.60. The molecule has 0 bridgehead atoms. The van der Waals surface area contributed by atoms with Crippen LogP contribution in [0.1, 0.15) is 26.2 Å². The van der Waals surface area contributed by atoms with Crippen molar-refractivity contribution in [1.29, 1.82) is 0 Å². The Balaban J connectivity index is 3.09. The van der Waals surface area contributed by atoms with Crippen molar-refractivity contribution in [2.24, 2.45) is 0 Å². The van der Waals surface area contributed by atoms with Crippen molar-refractivity contribution in [2.75, 3.05) is 14.2 Å². The third-order valence-electron chi connectivity index (χ3n) is 2.81. The van der Waals surface area contributed by atoms with E-state index in [1.807, 2.05) is 19.1 Å². The molecule has 0 unspecified atom stereocenters. The molecule has 0 aliphatic carbocycles. The van der Waals surface area contributed by atoms with Gasteiger partial charge in [0.05, 0.1) is 7.11 Å². The van der Waals surface area contributed by atoms with Crippen LogP contribution >= 0.6 is 0 Å². The van der Waals surface area contributed by atoms with Crippen LogP contribution in [0.3, 0.4) is 0 Å². The SMILES string of the molecule is C=C(C=C1/C(=C\C)CCCC(=O)N1C)OC. The number of hydrogen-bond acceptors (Lipinski definition) is 2. The summed E-state index contributed by atoms with van der Waals surface area (Å²) in [5.41, 5.74) is 2.07. The number of amides is 1. The summed E-state index contributed by atoms with van der Waals surface area (Å²) in [4.78, 5) is 13.4. The van der Waals surface area contributed by atoms with E-state index in [0.29, 0.717) is 12.2 Å². The topological polar surface area (TPSA) is 29.5 Å². The van der Waals surface area contributed by atoms with Gasteiger partial charge in [0, 0.05) is 25.2 Å². The number of hydrogen-bond donors (Lipinski definition) is 0. The van der Waals surface area contributed by atoms with Crippen molar-refractivity contribution in [1.82, 2.24) is 4.90 Å². The van der Waals surface area contributed by atoms with Crippen molar-refractivity contribution >= 4 is 5.91 Å². The highest BCUT2D eigenvalue weighted by molar-refractivity contribution is 5.79.